The molecule has 5 aliphatic rings. The van der Waals surface area contributed by atoms with Crippen molar-refractivity contribution in [3.05, 3.63) is 189 Å². The Morgan fingerprint density at radius 2 is 0.844 bits per heavy atom. The quantitative estimate of drug-likeness (QED) is 0.0208. The number of nitrogen functional groups attached to an aromatic ring is 2. The first kappa shape index (κ1) is 93.1. The van der Waals surface area contributed by atoms with Crippen molar-refractivity contribution >= 4 is 69.4 Å². The summed E-state index contributed by atoms with van der Waals surface area (Å²) in [5.74, 6) is 7.75. The van der Waals surface area contributed by atoms with Gasteiger partial charge in [0.1, 0.15) is 34.9 Å². The molecule has 658 valence electrons. The van der Waals surface area contributed by atoms with E-state index in [-0.39, 0.29) is 66.2 Å². The molecule has 11 aromatic heterocycles. The van der Waals surface area contributed by atoms with E-state index < -0.39 is 0 Å². The van der Waals surface area contributed by atoms with Crippen molar-refractivity contribution in [3.8, 4) is 0 Å². The number of fused-ring (bicyclic) bond motifs is 4. The minimum atomic E-state index is -0.0158. The number of allylic oxidation sites excluding steroid dienone is 1. The van der Waals surface area contributed by atoms with E-state index in [1.165, 1.54) is 44.1 Å². The second-order valence-electron chi connectivity index (χ2n) is 32.0. The lowest BCUT2D eigenvalue weighted by molar-refractivity contribution is 0.134. The van der Waals surface area contributed by atoms with Gasteiger partial charge in [-0.05, 0) is 169 Å². The zero-order chi connectivity index (χ0) is 83.3. The Bertz CT molecular complexity index is 5260. The summed E-state index contributed by atoms with van der Waals surface area (Å²) in [5, 5.41) is 70.8. The minimum Gasteiger partial charge on any atom is -0.396 e. The Morgan fingerprint density at radius 1 is 0.467 bits per heavy atom. The van der Waals surface area contributed by atoms with Crippen LogP contribution in [-0.4, -0.2) is 173 Å². The van der Waals surface area contributed by atoms with Gasteiger partial charge >= 0.3 is 0 Å². The van der Waals surface area contributed by atoms with Gasteiger partial charge in [-0.3, -0.25) is 4.79 Å². The topological polar surface area (TPSA) is 385 Å². The van der Waals surface area contributed by atoms with Crippen molar-refractivity contribution in [2.45, 2.75) is 230 Å². The summed E-state index contributed by atoms with van der Waals surface area (Å²) >= 11 is 0. The Hall–Kier alpha value is -11.2. The Kier molecular flexibility index (Phi) is 34.4. The number of nitrogens with one attached hydrogen (secondary N) is 4. The van der Waals surface area contributed by atoms with Gasteiger partial charge in [0.25, 0.3) is 0 Å². The van der Waals surface area contributed by atoms with Crippen LogP contribution in [0.15, 0.2) is 133 Å². The average Bonchev–Trinajstić information content (AvgIpc) is 1.59. The fraction of sp³-hybridized carbons (Fsp3) is 0.527. The molecule has 14 heterocycles. The largest absolute Gasteiger partial charge is 0.396 e. The lowest BCUT2D eigenvalue weighted by Crippen LogP contribution is -2.40. The van der Waals surface area contributed by atoms with Crippen LogP contribution < -0.4 is 48.1 Å². The Balaban J connectivity index is 0.000000169. The number of nitrogens with two attached hydrogens (primary N) is 2. The first-order chi connectivity index (χ1) is 58.1. The number of hydrogen-bond acceptors (Lipinski definition) is 26. The zero-order valence-corrected chi connectivity index (χ0v) is 70.2. The van der Waals surface area contributed by atoms with Gasteiger partial charge in [0, 0.05) is 209 Å². The standard InChI is InChI=1S/C24H34N6O.C23H31N5O2.C21H29N7O.C20H28N8O.3CH4/c1-4-20-17-26-30-22(25-16-19-9-12-28(5-2)18(3)14-19)15-23(27-24(20)30)29-11-7-6-8-21(29)10-13-31;1-3-17-13-25-28-21(24-12-16-8-9-22(30)27(2)14-16)11-20(26-23(17)28)10-18-6-4-5-7-19(18)15-29;1-2-15-12-26-28-19(23-9-14-10-24-21(22)25-11-14)8-18(27-20(15)28)7-16-5-3-4-6-17(16)13-29;1-2-15-13-25-28-17(22-10-14-11-23-20(21)24-12-14)9-18(26-19(15)28)27-7-4-3-5-16(27)6-8-29;;;/h9,12,14-15,17,21,25,31H,3-8,10-11,13,16H2,1-2H3;8-9,11,13-14,18-19,24,29H,3-7,10,12,15H2,1-2H3;8,10-12,16-17,23,29H,2-7,9,13H2,1H3,(H2,22,24,25);9,11-13,16,22,29H,2-8,10H2,1H3,(H2,21,23,24);3*1H4/t21-;18-,19+;16-,17+;16-;;;/m0110.../s1. The number of hydrogen-bond donors (Lipinski definition) is 10. The monoisotopic (exact) mass is 1670 g/mol. The molecule has 3 aliphatic heterocycles. The van der Waals surface area contributed by atoms with Crippen LogP contribution in [0.1, 0.15) is 210 Å². The molecule has 0 spiro atoms. The number of rotatable bonds is 29. The van der Waals surface area contributed by atoms with E-state index in [0.29, 0.717) is 61.9 Å². The van der Waals surface area contributed by atoms with Crippen LogP contribution in [0.5, 0.6) is 0 Å². The van der Waals surface area contributed by atoms with Gasteiger partial charge in [-0.1, -0.05) is 88.3 Å². The highest BCUT2D eigenvalue weighted by atomic mass is 16.3. The van der Waals surface area contributed by atoms with Crippen LogP contribution in [0.4, 0.5) is 46.8 Å². The lowest BCUT2D eigenvalue weighted by Gasteiger charge is -2.36. The Labute approximate surface area is 718 Å². The molecule has 2 saturated carbocycles. The van der Waals surface area contributed by atoms with Crippen LogP contribution in [0.3, 0.4) is 0 Å². The minimum absolute atomic E-state index is 0. The highest BCUT2D eigenvalue weighted by Crippen LogP contribution is 2.37. The molecule has 0 bridgehead atoms. The van der Waals surface area contributed by atoms with Gasteiger partial charge in [-0.2, -0.15) is 38.5 Å². The summed E-state index contributed by atoms with van der Waals surface area (Å²) in [6, 6.07) is 12.4. The maximum atomic E-state index is 11.6. The predicted octanol–water partition coefficient (Wildman–Crippen LogP) is 13.2. The SMILES string of the molecule is C.C.C.C=C1C=C(CNc2cc(N3CCCC[C@H]3CCO)nc3c(CC)cnn23)C=CN1CC.CCc1cnn2c(NCc3ccc(=O)n(C)c3)cc(C[C@H]3CCCC[C@H]3CO)nc12.CCc1cnn2c(NCc3cnc(N)nc3)cc(C[C@H]3CCCC[C@H]3CO)nc12.CCc1cnn2c(NCc3cnc(N)nc3)cc(N3CCCC[C@H]3CCO)nc12. The van der Waals surface area contributed by atoms with Crippen molar-refractivity contribution in [1.82, 2.24) is 87.8 Å². The maximum Gasteiger partial charge on any atom is 0.250 e. The molecule has 0 radical (unpaired) electrons. The number of aryl methyl sites for hydroxylation is 5. The number of aromatic nitrogens is 17. The predicted molar refractivity (Wildman–Crippen MR) is 489 cm³/mol. The molecule has 6 atom stereocenters. The molecule has 0 aromatic carbocycles. The molecule has 11 aromatic rings. The number of likely N-dealkylation sites (N-methyl/N-ethyl adjacent to an activating group) is 1. The fourth-order valence-electron chi connectivity index (χ4n) is 17.2. The third-order valence-corrected chi connectivity index (χ3v) is 24.1. The number of nitrogens with zero attached hydrogens (tertiary/aromatic N) is 20. The van der Waals surface area contributed by atoms with Gasteiger partial charge in [-0.15, -0.1) is 0 Å². The van der Waals surface area contributed by atoms with Crippen molar-refractivity contribution < 1.29 is 20.4 Å². The highest BCUT2D eigenvalue weighted by Gasteiger charge is 2.31. The average molecular weight is 1670 g/mol. The summed E-state index contributed by atoms with van der Waals surface area (Å²) in [6.07, 6.45) is 45.8. The van der Waals surface area contributed by atoms with E-state index in [2.05, 4.69) is 154 Å². The zero-order valence-electron chi connectivity index (χ0n) is 70.2. The maximum absolute atomic E-state index is 11.6. The van der Waals surface area contributed by atoms with Gasteiger partial charge in [0.15, 0.2) is 22.6 Å². The summed E-state index contributed by atoms with van der Waals surface area (Å²) in [5.41, 5.74) is 26.4. The number of aliphatic hydroxyl groups excluding tert-OH is 4. The summed E-state index contributed by atoms with van der Waals surface area (Å²) in [7, 11) is 1.76. The number of aliphatic hydroxyl groups is 4. The second-order valence-corrected chi connectivity index (χ2v) is 32.0. The van der Waals surface area contributed by atoms with Crippen molar-refractivity contribution in [2.75, 3.05) is 95.1 Å². The molecule has 2 saturated heterocycles. The fourth-order valence-corrected chi connectivity index (χ4v) is 17.2. The van der Waals surface area contributed by atoms with Crippen molar-refractivity contribution in [2.24, 2.45) is 30.7 Å². The van der Waals surface area contributed by atoms with Crippen LogP contribution in [0.2, 0.25) is 0 Å². The first-order valence-electron chi connectivity index (χ1n) is 43.1. The Morgan fingerprint density at radius 3 is 1.22 bits per heavy atom. The normalized spacial score (nSPS) is 18.3. The summed E-state index contributed by atoms with van der Waals surface area (Å²) in [4.78, 5) is 54.5. The van der Waals surface area contributed by atoms with Crippen LogP contribution in [0.25, 0.3) is 22.6 Å². The summed E-state index contributed by atoms with van der Waals surface area (Å²) < 4.78 is 9.09. The van der Waals surface area contributed by atoms with Crippen LogP contribution in [-0.2, 0) is 65.2 Å². The van der Waals surface area contributed by atoms with E-state index >= 15 is 0 Å². The van der Waals surface area contributed by atoms with Gasteiger partial charge in [0.2, 0.25) is 17.5 Å². The molecule has 2 aliphatic carbocycles. The molecule has 16 rings (SSSR count). The second kappa shape index (κ2) is 45.1. The van der Waals surface area contributed by atoms with Crippen molar-refractivity contribution in [1.29, 1.82) is 0 Å². The lowest BCUT2D eigenvalue weighted by atomic mass is 9.77. The van der Waals surface area contributed by atoms with Gasteiger partial charge < -0.3 is 72.4 Å². The van der Waals surface area contributed by atoms with Crippen LogP contribution >= 0.6 is 0 Å². The van der Waals surface area contributed by atoms with E-state index in [0.717, 1.165) is 236 Å². The molecule has 0 unspecified atom stereocenters. The van der Waals surface area contributed by atoms with E-state index in [1.54, 1.807) is 42.5 Å². The molecule has 122 heavy (non-hydrogen) atoms. The van der Waals surface area contributed by atoms with E-state index in [1.807, 2.05) is 61.2 Å². The smallest absolute Gasteiger partial charge is 0.250 e. The van der Waals surface area contributed by atoms with Gasteiger partial charge in [0.05, 0.1) is 24.8 Å². The third-order valence-electron chi connectivity index (χ3n) is 24.1. The van der Waals surface area contributed by atoms with Crippen molar-refractivity contribution in [3.63, 3.8) is 0 Å². The molecular weight excluding hydrogens is 1540 g/mol. The van der Waals surface area contributed by atoms with Gasteiger partial charge in [-0.25, -0.2) is 39.9 Å². The summed E-state index contributed by atoms with van der Waals surface area (Å²) in [6.45, 7) is 20.9. The van der Waals surface area contributed by atoms with Crippen LogP contribution in [0, 0.1) is 23.7 Å². The van der Waals surface area contributed by atoms with E-state index in [9.17, 15) is 25.2 Å². The molecule has 31 heteroatoms. The molecule has 12 N–H and O–H groups in total. The number of pyridine rings is 1. The first-order valence-corrected chi connectivity index (χ1v) is 43.1. The molecular formula is C91H134N26O5. The molecule has 31 nitrogen and oxygen atoms in total. The number of piperidine rings is 2. The third kappa shape index (κ3) is 23.0. The highest BCUT2D eigenvalue weighted by molar-refractivity contribution is 5.64. The molecule has 0 amide bonds. The van der Waals surface area contributed by atoms with E-state index in [4.69, 9.17) is 31.4 Å². The number of anilines is 8. The molecule has 4 fully saturated rings.